The van der Waals surface area contributed by atoms with Gasteiger partial charge in [-0.15, -0.1) is 0 Å². The van der Waals surface area contributed by atoms with Gasteiger partial charge in [-0.25, -0.2) is 4.39 Å². The average molecular weight is 202 g/mol. The first-order valence-electron chi connectivity index (χ1n) is 5.95. The van der Waals surface area contributed by atoms with Gasteiger partial charge >= 0.3 is 0 Å². The molecule has 0 fully saturated rings. The van der Waals surface area contributed by atoms with E-state index in [0.29, 0.717) is 12.3 Å². The fraction of sp³-hybridized carbons (Fsp3) is 1.00. The highest BCUT2D eigenvalue weighted by molar-refractivity contribution is 4.89. The van der Waals surface area contributed by atoms with Gasteiger partial charge in [-0.05, 0) is 37.5 Å². The molecule has 0 aliphatic carbocycles. The van der Waals surface area contributed by atoms with E-state index in [9.17, 15) is 4.39 Å². The predicted molar refractivity (Wildman–Crippen MR) is 62.3 cm³/mol. The molecule has 0 N–H and O–H groups in total. The van der Waals surface area contributed by atoms with Crippen LogP contribution in [-0.2, 0) is 0 Å². The average Bonchev–Trinajstić information content (AvgIpc) is 2.13. The Bertz CT molecular complexity index is 159. The zero-order valence-electron chi connectivity index (χ0n) is 10.8. The van der Waals surface area contributed by atoms with Crippen molar-refractivity contribution in [2.24, 2.45) is 11.3 Å². The van der Waals surface area contributed by atoms with Crippen LogP contribution in [0.3, 0.4) is 0 Å². The van der Waals surface area contributed by atoms with Crippen molar-refractivity contribution < 1.29 is 4.39 Å². The van der Waals surface area contributed by atoms with Crippen LogP contribution in [0.1, 0.15) is 67.2 Å². The van der Waals surface area contributed by atoms with Gasteiger partial charge in [0.15, 0.2) is 0 Å². The maximum absolute atomic E-state index is 14.4. The van der Waals surface area contributed by atoms with E-state index in [2.05, 4.69) is 20.8 Å². The number of rotatable bonds is 6. The normalized spacial score (nSPS) is 19.1. The summed E-state index contributed by atoms with van der Waals surface area (Å²) in [6.07, 6.45) is 3.76. The maximum Gasteiger partial charge on any atom is 0.113 e. The third-order valence-electron chi connectivity index (χ3n) is 4.10. The van der Waals surface area contributed by atoms with Gasteiger partial charge in [0.1, 0.15) is 5.67 Å². The highest BCUT2D eigenvalue weighted by atomic mass is 19.1. The van der Waals surface area contributed by atoms with Crippen LogP contribution in [0.15, 0.2) is 0 Å². The summed E-state index contributed by atoms with van der Waals surface area (Å²) in [7, 11) is 0. The van der Waals surface area contributed by atoms with Gasteiger partial charge in [0.2, 0.25) is 0 Å². The molecule has 0 aromatic carbocycles. The van der Waals surface area contributed by atoms with Crippen molar-refractivity contribution >= 4 is 0 Å². The summed E-state index contributed by atoms with van der Waals surface area (Å²) in [5, 5.41) is 0. The van der Waals surface area contributed by atoms with Crippen molar-refractivity contribution in [2.45, 2.75) is 72.9 Å². The number of hydrogen-bond acceptors (Lipinski definition) is 0. The Morgan fingerprint density at radius 3 is 2.00 bits per heavy atom. The van der Waals surface area contributed by atoms with Gasteiger partial charge < -0.3 is 0 Å². The summed E-state index contributed by atoms with van der Waals surface area (Å²) < 4.78 is 14.4. The minimum atomic E-state index is -1.02. The second-order valence-electron chi connectivity index (χ2n) is 5.49. The van der Waals surface area contributed by atoms with Crippen molar-refractivity contribution in [1.82, 2.24) is 0 Å². The fourth-order valence-corrected chi connectivity index (χ4v) is 1.43. The van der Waals surface area contributed by atoms with E-state index < -0.39 is 5.67 Å². The van der Waals surface area contributed by atoms with Crippen molar-refractivity contribution in [3.8, 4) is 0 Å². The van der Waals surface area contributed by atoms with Crippen LogP contribution in [0.4, 0.5) is 4.39 Å². The lowest BCUT2D eigenvalue weighted by Gasteiger charge is -2.37. The lowest BCUT2D eigenvalue weighted by molar-refractivity contribution is 0.0172. The topological polar surface area (TPSA) is 0 Å². The standard InChI is InChI=1S/C13H27F/c1-7-11(3)9-10-13(6,14)12(4,5)8-2/h11H,7-10H2,1-6H3. The van der Waals surface area contributed by atoms with Crippen molar-refractivity contribution in [3.63, 3.8) is 0 Å². The van der Waals surface area contributed by atoms with Crippen LogP contribution in [0, 0.1) is 11.3 Å². The highest BCUT2D eigenvalue weighted by Gasteiger charge is 2.39. The molecule has 0 aliphatic rings. The molecule has 0 spiro atoms. The van der Waals surface area contributed by atoms with E-state index >= 15 is 0 Å². The molecule has 2 unspecified atom stereocenters. The lowest BCUT2D eigenvalue weighted by Crippen LogP contribution is -2.37. The molecule has 0 aliphatic heterocycles. The largest absolute Gasteiger partial charge is 0.244 e. The third kappa shape index (κ3) is 3.59. The Balaban J connectivity index is 4.20. The molecule has 0 rings (SSSR count). The van der Waals surface area contributed by atoms with Crippen LogP contribution in [0.25, 0.3) is 0 Å². The number of hydrogen-bond donors (Lipinski definition) is 0. The molecule has 0 radical (unpaired) electrons. The SMILES string of the molecule is CCC(C)CCC(C)(F)C(C)(C)CC. The molecular formula is C13H27F. The molecule has 0 saturated carbocycles. The molecule has 0 aromatic heterocycles. The van der Waals surface area contributed by atoms with Crippen molar-refractivity contribution in [1.29, 1.82) is 0 Å². The Labute approximate surface area is 89.3 Å². The Kier molecular flexibility index (Phi) is 5.11. The van der Waals surface area contributed by atoms with Crippen LogP contribution in [0.2, 0.25) is 0 Å². The quantitative estimate of drug-likeness (QED) is 0.570. The highest BCUT2D eigenvalue weighted by Crippen LogP contribution is 2.41. The molecule has 14 heavy (non-hydrogen) atoms. The molecule has 1 heteroatoms. The van der Waals surface area contributed by atoms with Crippen LogP contribution in [0.5, 0.6) is 0 Å². The van der Waals surface area contributed by atoms with E-state index in [-0.39, 0.29) is 5.41 Å². The van der Waals surface area contributed by atoms with E-state index in [1.807, 2.05) is 13.8 Å². The zero-order chi connectivity index (χ0) is 11.4. The van der Waals surface area contributed by atoms with Gasteiger partial charge in [-0.3, -0.25) is 0 Å². The van der Waals surface area contributed by atoms with Crippen LogP contribution in [-0.4, -0.2) is 5.67 Å². The molecule has 2 atom stereocenters. The van der Waals surface area contributed by atoms with Gasteiger partial charge in [-0.2, -0.15) is 0 Å². The maximum atomic E-state index is 14.4. The molecule has 0 amide bonds. The van der Waals surface area contributed by atoms with Crippen molar-refractivity contribution in [2.75, 3.05) is 0 Å². The van der Waals surface area contributed by atoms with E-state index in [4.69, 9.17) is 0 Å². The van der Waals surface area contributed by atoms with Gasteiger partial charge in [0.25, 0.3) is 0 Å². The minimum absolute atomic E-state index is 0.194. The first-order chi connectivity index (χ1) is 6.27. The van der Waals surface area contributed by atoms with E-state index in [1.165, 1.54) is 0 Å². The fourth-order valence-electron chi connectivity index (χ4n) is 1.43. The summed E-state index contributed by atoms with van der Waals surface area (Å²) in [5.41, 5.74) is -1.22. The molecular weight excluding hydrogens is 175 g/mol. The summed E-state index contributed by atoms with van der Waals surface area (Å²) in [5.74, 6) is 0.651. The minimum Gasteiger partial charge on any atom is -0.244 e. The van der Waals surface area contributed by atoms with Gasteiger partial charge in [0, 0.05) is 0 Å². The van der Waals surface area contributed by atoms with E-state index in [1.54, 1.807) is 6.92 Å². The van der Waals surface area contributed by atoms with Crippen LogP contribution >= 0.6 is 0 Å². The molecule has 0 saturated heterocycles. The molecule has 0 aromatic rings. The monoisotopic (exact) mass is 202 g/mol. The summed E-state index contributed by atoms with van der Waals surface area (Å²) >= 11 is 0. The second-order valence-corrected chi connectivity index (χ2v) is 5.49. The Morgan fingerprint density at radius 2 is 1.64 bits per heavy atom. The van der Waals surface area contributed by atoms with Crippen molar-refractivity contribution in [3.05, 3.63) is 0 Å². The summed E-state index contributed by atoms with van der Waals surface area (Å²) in [4.78, 5) is 0. The first-order valence-corrected chi connectivity index (χ1v) is 5.95. The van der Waals surface area contributed by atoms with Gasteiger partial charge in [-0.1, -0.05) is 41.0 Å². The Hall–Kier alpha value is -0.0700. The second kappa shape index (κ2) is 5.14. The van der Waals surface area contributed by atoms with Crippen LogP contribution < -0.4 is 0 Å². The Morgan fingerprint density at radius 1 is 1.14 bits per heavy atom. The zero-order valence-corrected chi connectivity index (χ0v) is 10.8. The molecule has 0 bridgehead atoms. The first kappa shape index (κ1) is 13.9. The summed E-state index contributed by atoms with van der Waals surface area (Å²) in [6.45, 7) is 12.3. The molecule has 0 nitrogen and oxygen atoms in total. The van der Waals surface area contributed by atoms with E-state index in [0.717, 1.165) is 19.3 Å². The predicted octanol–water partition coefficient (Wildman–Crippen LogP) is 4.98. The lowest BCUT2D eigenvalue weighted by atomic mass is 9.72. The number of halogens is 1. The number of alkyl halides is 1. The molecule has 0 heterocycles. The smallest absolute Gasteiger partial charge is 0.113 e. The van der Waals surface area contributed by atoms with Gasteiger partial charge in [0.05, 0.1) is 0 Å². The summed E-state index contributed by atoms with van der Waals surface area (Å²) in [6, 6.07) is 0. The third-order valence-corrected chi connectivity index (χ3v) is 4.10. The molecule has 86 valence electrons.